The molecule has 1 aliphatic rings. The zero-order valence-corrected chi connectivity index (χ0v) is 18.0. The van der Waals surface area contributed by atoms with Gasteiger partial charge in [0.1, 0.15) is 12.4 Å². The van der Waals surface area contributed by atoms with Gasteiger partial charge in [-0.15, -0.1) is 0 Å². The smallest absolute Gasteiger partial charge is 0.319 e. The van der Waals surface area contributed by atoms with Crippen molar-refractivity contribution in [1.82, 2.24) is 14.8 Å². The number of morpholine rings is 1. The molecule has 0 saturated carbocycles. The quantitative estimate of drug-likeness (QED) is 0.546. The van der Waals surface area contributed by atoms with Crippen LogP contribution in [0.5, 0.6) is 5.75 Å². The fraction of sp³-hybridized carbons (Fsp3) is 0.375. The summed E-state index contributed by atoms with van der Waals surface area (Å²) in [5, 5.41) is 6.84. The lowest BCUT2D eigenvalue weighted by molar-refractivity contribution is 0.0365. The molecular formula is C24H30N4O3. The summed E-state index contributed by atoms with van der Waals surface area (Å²) >= 11 is 0. The minimum Gasteiger partial charge on any atom is -0.492 e. The third-order valence-electron chi connectivity index (χ3n) is 5.44. The summed E-state index contributed by atoms with van der Waals surface area (Å²) in [6.07, 6.45) is 2.11. The highest BCUT2D eigenvalue weighted by Gasteiger charge is 2.11. The molecule has 2 N–H and O–H groups in total. The number of carbonyl (C=O) groups is 1. The molecule has 31 heavy (non-hydrogen) atoms. The van der Waals surface area contributed by atoms with Gasteiger partial charge in [0.2, 0.25) is 0 Å². The largest absolute Gasteiger partial charge is 0.492 e. The number of fused-ring (bicyclic) bond motifs is 1. The first-order valence-electron chi connectivity index (χ1n) is 10.8. The second kappa shape index (κ2) is 10.3. The number of nitrogens with one attached hydrogen (secondary N) is 2. The van der Waals surface area contributed by atoms with Gasteiger partial charge in [0.15, 0.2) is 0 Å². The molecule has 0 bridgehead atoms. The van der Waals surface area contributed by atoms with Gasteiger partial charge in [0.05, 0.1) is 19.8 Å². The predicted molar refractivity (Wildman–Crippen MR) is 123 cm³/mol. The fourth-order valence-corrected chi connectivity index (χ4v) is 3.76. The summed E-state index contributed by atoms with van der Waals surface area (Å²) in [4.78, 5) is 14.6. The molecule has 1 aliphatic heterocycles. The van der Waals surface area contributed by atoms with Gasteiger partial charge in [-0.25, -0.2) is 4.79 Å². The Balaban J connectivity index is 1.24. The monoisotopic (exact) mass is 422 g/mol. The molecule has 1 saturated heterocycles. The Morgan fingerprint density at radius 3 is 2.81 bits per heavy atom. The number of amides is 2. The maximum Gasteiger partial charge on any atom is 0.319 e. The number of hydrogen-bond acceptors (Lipinski definition) is 4. The lowest BCUT2D eigenvalue weighted by atomic mass is 10.2. The third-order valence-corrected chi connectivity index (χ3v) is 5.44. The number of hydrogen-bond donors (Lipinski definition) is 2. The number of benzene rings is 2. The molecule has 2 aromatic carbocycles. The van der Waals surface area contributed by atoms with Gasteiger partial charge in [-0.05, 0) is 48.9 Å². The first kappa shape index (κ1) is 21.2. The molecule has 0 radical (unpaired) electrons. The Bertz CT molecular complexity index is 1010. The van der Waals surface area contributed by atoms with Gasteiger partial charge in [-0.1, -0.05) is 12.1 Å². The lowest BCUT2D eigenvalue weighted by Crippen LogP contribution is -2.38. The van der Waals surface area contributed by atoms with Crippen molar-refractivity contribution in [2.75, 3.05) is 51.3 Å². The van der Waals surface area contributed by atoms with E-state index in [1.54, 1.807) is 0 Å². The summed E-state index contributed by atoms with van der Waals surface area (Å²) in [6, 6.07) is 15.7. The predicted octanol–water partition coefficient (Wildman–Crippen LogP) is 3.48. The van der Waals surface area contributed by atoms with Gasteiger partial charge in [-0.2, -0.15) is 0 Å². The SMILES string of the molecule is Cc1cccc(OCCNC(=O)Nc2ccc3c(ccn3CCN3CCOCC3)c2)c1. The average Bonchev–Trinajstić information content (AvgIpc) is 3.18. The molecule has 1 aromatic heterocycles. The molecule has 7 nitrogen and oxygen atoms in total. The molecule has 0 aliphatic carbocycles. The number of ether oxygens (including phenoxy) is 2. The maximum absolute atomic E-state index is 12.2. The summed E-state index contributed by atoms with van der Waals surface area (Å²) < 4.78 is 13.3. The van der Waals surface area contributed by atoms with Crippen molar-refractivity contribution in [1.29, 1.82) is 0 Å². The number of aryl methyl sites for hydroxylation is 1. The van der Waals surface area contributed by atoms with Crippen LogP contribution in [0.15, 0.2) is 54.7 Å². The van der Waals surface area contributed by atoms with Crippen molar-refractivity contribution in [2.45, 2.75) is 13.5 Å². The zero-order chi connectivity index (χ0) is 21.5. The number of nitrogens with zero attached hydrogens (tertiary/aromatic N) is 2. The number of aromatic nitrogens is 1. The first-order chi connectivity index (χ1) is 15.2. The highest BCUT2D eigenvalue weighted by molar-refractivity contribution is 5.92. The molecule has 1 fully saturated rings. The van der Waals surface area contributed by atoms with Crippen molar-refractivity contribution < 1.29 is 14.3 Å². The van der Waals surface area contributed by atoms with Crippen molar-refractivity contribution in [3.63, 3.8) is 0 Å². The van der Waals surface area contributed by atoms with E-state index in [1.807, 2.05) is 43.3 Å². The molecule has 7 heteroatoms. The first-order valence-corrected chi connectivity index (χ1v) is 10.8. The molecule has 0 spiro atoms. The van der Waals surface area contributed by atoms with Crippen LogP contribution >= 0.6 is 0 Å². The van der Waals surface area contributed by atoms with E-state index in [9.17, 15) is 4.79 Å². The van der Waals surface area contributed by atoms with Gasteiger partial charge in [0, 0.05) is 49.0 Å². The van der Waals surface area contributed by atoms with E-state index in [4.69, 9.17) is 9.47 Å². The van der Waals surface area contributed by atoms with E-state index in [0.717, 1.165) is 61.8 Å². The Hall–Kier alpha value is -3.03. The minimum absolute atomic E-state index is 0.237. The minimum atomic E-state index is -0.237. The number of carbonyl (C=O) groups excluding carboxylic acids is 1. The van der Waals surface area contributed by atoms with Gasteiger partial charge in [0.25, 0.3) is 0 Å². The Labute approximate surface area is 182 Å². The standard InChI is InChI=1S/C24H30N4O3/c1-19-3-2-4-22(17-19)31-14-8-25-24(29)26-21-5-6-23-20(18-21)7-9-28(23)11-10-27-12-15-30-16-13-27/h2-7,9,17-18H,8,10-16H2,1H3,(H2,25,26,29). The highest BCUT2D eigenvalue weighted by atomic mass is 16.5. The fourth-order valence-electron chi connectivity index (χ4n) is 3.76. The maximum atomic E-state index is 12.2. The van der Waals surface area contributed by atoms with Crippen molar-refractivity contribution in [3.8, 4) is 5.75 Å². The summed E-state index contributed by atoms with van der Waals surface area (Å²) in [6.45, 7) is 8.47. The van der Waals surface area contributed by atoms with Crippen molar-refractivity contribution in [2.24, 2.45) is 0 Å². The molecule has 3 aromatic rings. The zero-order valence-electron chi connectivity index (χ0n) is 18.0. The van der Waals surface area contributed by atoms with E-state index >= 15 is 0 Å². The Kier molecular flexibility index (Phi) is 7.07. The van der Waals surface area contributed by atoms with Crippen LogP contribution in [0.2, 0.25) is 0 Å². The molecule has 164 valence electrons. The number of rotatable bonds is 8. The molecule has 2 heterocycles. The summed E-state index contributed by atoms with van der Waals surface area (Å²) in [7, 11) is 0. The van der Waals surface area contributed by atoms with E-state index in [2.05, 4.69) is 38.4 Å². The number of anilines is 1. The van der Waals surface area contributed by atoms with Crippen molar-refractivity contribution in [3.05, 3.63) is 60.3 Å². The molecule has 0 unspecified atom stereocenters. The van der Waals surface area contributed by atoms with E-state index in [0.29, 0.717) is 13.2 Å². The van der Waals surface area contributed by atoms with Gasteiger partial charge >= 0.3 is 6.03 Å². The van der Waals surface area contributed by atoms with Crippen LogP contribution in [0.1, 0.15) is 5.56 Å². The van der Waals surface area contributed by atoms with Crippen LogP contribution in [0.4, 0.5) is 10.5 Å². The summed E-state index contributed by atoms with van der Waals surface area (Å²) in [5.74, 6) is 0.811. The van der Waals surface area contributed by atoms with Crippen LogP contribution in [0.3, 0.4) is 0 Å². The van der Waals surface area contributed by atoms with Crippen molar-refractivity contribution >= 4 is 22.6 Å². The van der Waals surface area contributed by atoms with E-state index in [-0.39, 0.29) is 6.03 Å². The molecule has 2 amide bonds. The topological polar surface area (TPSA) is 67.8 Å². The third kappa shape index (κ3) is 5.99. The van der Waals surface area contributed by atoms with Gasteiger partial charge in [-0.3, -0.25) is 4.90 Å². The van der Waals surface area contributed by atoms with Crippen LogP contribution in [0.25, 0.3) is 10.9 Å². The highest BCUT2D eigenvalue weighted by Crippen LogP contribution is 2.21. The van der Waals surface area contributed by atoms with Crippen LogP contribution in [-0.2, 0) is 11.3 Å². The Morgan fingerprint density at radius 1 is 1.10 bits per heavy atom. The lowest BCUT2D eigenvalue weighted by Gasteiger charge is -2.26. The normalized spacial score (nSPS) is 14.5. The van der Waals surface area contributed by atoms with Crippen LogP contribution in [-0.4, -0.2) is 61.5 Å². The molecular weight excluding hydrogens is 392 g/mol. The Morgan fingerprint density at radius 2 is 1.97 bits per heavy atom. The van der Waals surface area contributed by atoms with E-state index in [1.165, 1.54) is 5.52 Å². The van der Waals surface area contributed by atoms with Crippen LogP contribution in [0, 0.1) is 6.92 Å². The average molecular weight is 423 g/mol. The van der Waals surface area contributed by atoms with Gasteiger partial charge < -0.3 is 24.7 Å². The van der Waals surface area contributed by atoms with Crippen LogP contribution < -0.4 is 15.4 Å². The van der Waals surface area contributed by atoms with E-state index < -0.39 is 0 Å². The number of urea groups is 1. The second-order valence-electron chi connectivity index (χ2n) is 7.78. The molecule has 0 atom stereocenters. The second-order valence-corrected chi connectivity index (χ2v) is 7.78. The molecule has 4 rings (SSSR count). The summed E-state index contributed by atoms with van der Waals surface area (Å²) in [5.41, 5.74) is 3.09.